The molecular weight excluding hydrogens is 358 g/mol. The third-order valence-corrected chi connectivity index (χ3v) is 4.07. The highest BCUT2D eigenvalue weighted by Gasteiger charge is 2.12. The number of anilines is 1. The monoisotopic (exact) mass is 389 g/mol. The number of carbonyl (C=O) groups is 1. The van der Waals surface area contributed by atoms with E-state index in [9.17, 15) is 4.79 Å². The summed E-state index contributed by atoms with van der Waals surface area (Å²) in [6.07, 6.45) is 4.83. The summed E-state index contributed by atoms with van der Waals surface area (Å²) >= 11 is 0. The van der Waals surface area contributed by atoms with Crippen molar-refractivity contribution in [3.63, 3.8) is 0 Å². The van der Waals surface area contributed by atoms with E-state index in [1.807, 2.05) is 39.0 Å². The minimum Gasteiger partial charge on any atom is -0.493 e. The molecule has 0 radical (unpaired) electrons. The molecule has 0 atom stereocenters. The summed E-state index contributed by atoms with van der Waals surface area (Å²) in [5.74, 6) is 0.574. The SMILES string of the molecule is C/C=C(COC)\C(OC)=C(/C=C(C)C)OC.O=C(O)c1ccc2c(c1)CCN2. The Balaban J connectivity index is 0.000000289. The van der Waals surface area contributed by atoms with Crippen LogP contribution in [0.15, 0.2) is 53.0 Å². The fourth-order valence-electron chi connectivity index (χ4n) is 2.74. The summed E-state index contributed by atoms with van der Waals surface area (Å²) in [6, 6.07) is 5.18. The third-order valence-electron chi connectivity index (χ3n) is 4.07. The van der Waals surface area contributed by atoms with Gasteiger partial charge in [0, 0.05) is 24.9 Å². The number of ether oxygens (including phenoxy) is 3. The highest BCUT2D eigenvalue weighted by Crippen LogP contribution is 2.22. The maximum Gasteiger partial charge on any atom is 0.335 e. The minimum atomic E-state index is -0.857. The molecule has 6 heteroatoms. The van der Waals surface area contributed by atoms with Crippen LogP contribution < -0.4 is 5.32 Å². The highest BCUT2D eigenvalue weighted by molar-refractivity contribution is 5.88. The van der Waals surface area contributed by atoms with E-state index in [0.717, 1.165) is 35.4 Å². The predicted octanol–water partition coefficient (Wildman–Crippen LogP) is 4.40. The maximum atomic E-state index is 10.6. The lowest BCUT2D eigenvalue weighted by molar-refractivity contribution is 0.0697. The van der Waals surface area contributed by atoms with Gasteiger partial charge in [0.25, 0.3) is 0 Å². The van der Waals surface area contributed by atoms with E-state index in [-0.39, 0.29) is 0 Å². The summed E-state index contributed by atoms with van der Waals surface area (Å²) in [4.78, 5) is 10.6. The second-order valence-corrected chi connectivity index (χ2v) is 6.42. The molecule has 1 aromatic carbocycles. The maximum absolute atomic E-state index is 10.6. The lowest BCUT2D eigenvalue weighted by atomic mass is 10.1. The van der Waals surface area contributed by atoms with E-state index in [0.29, 0.717) is 23.7 Å². The van der Waals surface area contributed by atoms with Crippen molar-refractivity contribution in [3.05, 3.63) is 64.1 Å². The summed E-state index contributed by atoms with van der Waals surface area (Å²) in [5, 5.41) is 11.9. The van der Waals surface area contributed by atoms with Crippen molar-refractivity contribution in [2.75, 3.05) is 39.8 Å². The number of rotatable bonds is 7. The normalized spacial score (nSPS) is 13.3. The standard InChI is InChI=1S/C13H22O3.C9H9NO2/c1-7-11(9-14-4)13(16-6)12(15-5)8-10(2)3;11-9(12)7-1-2-8-6(5-7)3-4-10-8/h7-8H,9H2,1-6H3;1-2,5,10H,3-4H2,(H,11,12)/b11-7-,13-12-;. The van der Waals surface area contributed by atoms with Gasteiger partial charge in [0.05, 0.1) is 26.4 Å². The quantitative estimate of drug-likeness (QED) is 0.532. The number of hydrogen-bond donors (Lipinski definition) is 2. The molecule has 28 heavy (non-hydrogen) atoms. The van der Waals surface area contributed by atoms with Crippen LogP contribution in [0.4, 0.5) is 5.69 Å². The van der Waals surface area contributed by atoms with Gasteiger partial charge in [-0.05, 0) is 57.0 Å². The Kier molecular flexibility index (Phi) is 9.88. The zero-order valence-corrected chi connectivity index (χ0v) is 17.6. The van der Waals surface area contributed by atoms with Crippen LogP contribution in [0.25, 0.3) is 0 Å². The Bertz CT molecular complexity index is 758. The number of carboxylic acids is 1. The molecule has 1 aliphatic heterocycles. The lowest BCUT2D eigenvalue weighted by Crippen LogP contribution is -2.04. The number of methoxy groups -OCH3 is 3. The van der Waals surface area contributed by atoms with Gasteiger partial charge < -0.3 is 24.6 Å². The van der Waals surface area contributed by atoms with E-state index < -0.39 is 5.97 Å². The molecule has 0 aromatic heterocycles. The smallest absolute Gasteiger partial charge is 0.335 e. The largest absolute Gasteiger partial charge is 0.493 e. The summed E-state index contributed by atoms with van der Waals surface area (Å²) in [7, 11) is 4.92. The molecule has 1 aliphatic rings. The number of benzene rings is 1. The van der Waals surface area contributed by atoms with Crippen LogP contribution in [0.5, 0.6) is 0 Å². The molecule has 1 aromatic rings. The van der Waals surface area contributed by atoms with Gasteiger partial charge in [-0.2, -0.15) is 0 Å². The van der Waals surface area contributed by atoms with Gasteiger partial charge in [-0.1, -0.05) is 11.6 Å². The van der Waals surface area contributed by atoms with E-state index in [2.05, 4.69) is 5.32 Å². The Hall–Kier alpha value is -2.73. The van der Waals surface area contributed by atoms with Crippen molar-refractivity contribution < 1.29 is 24.1 Å². The second-order valence-electron chi connectivity index (χ2n) is 6.42. The molecule has 1 heterocycles. The molecule has 0 saturated carbocycles. The zero-order chi connectivity index (χ0) is 21.1. The summed E-state index contributed by atoms with van der Waals surface area (Å²) < 4.78 is 15.8. The van der Waals surface area contributed by atoms with Crippen molar-refractivity contribution in [3.8, 4) is 0 Å². The first-order valence-electron chi connectivity index (χ1n) is 9.09. The van der Waals surface area contributed by atoms with Crippen molar-refractivity contribution in [1.82, 2.24) is 0 Å². The molecule has 154 valence electrons. The average Bonchev–Trinajstić information content (AvgIpc) is 3.14. The van der Waals surface area contributed by atoms with Crippen LogP contribution in [0.1, 0.15) is 36.7 Å². The van der Waals surface area contributed by atoms with Gasteiger partial charge in [-0.15, -0.1) is 0 Å². The van der Waals surface area contributed by atoms with E-state index in [1.54, 1.807) is 33.5 Å². The second kappa shape index (κ2) is 11.9. The highest BCUT2D eigenvalue weighted by atomic mass is 16.5. The van der Waals surface area contributed by atoms with Gasteiger partial charge in [0.15, 0.2) is 11.5 Å². The van der Waals surface area contributed by atoms with Crippen molar-refractivity contribution in [2.24, 2.45) is 0 Å². The molecule has 6 nitrogen and oxygen atoms in total. The molecule has 0 bridgehead atoms. The Morgan fingerprint density at radius 2 is 1.93 bits per heavy atom. The van der Waals surface area contributed by atoms with Gasteiger partial charge in [0.2, 0.25) is 0 Å². The molecule has 0 saturated heterocycles. The van der Waals surface area contributed by atoms with Crippen molar-refractivity contribution >= 4 is 11.7 Å². The van der Waals surface area contributed by atoms with Crippen molar-refractivity contribution in [2.45, 2.75) is 27.2 Å². The first-order valence-corrected chi connectivity index (χ1v) is 9.09. The molecule has 2 rings (SSSR count). The Labute approximate surface area is 167 Å². The predicted molar refractivity (Wildman–Crippen MR) is 112 cm³/mol. The number of allylic oxidation sites excluding steroid dienone is 3. The van der Waals surface area contributed by atoms with Crippen LogP contribution in [-0.4, -0.2) is 45.6 Å². The van der Waals surface area contributed by atoms with Crippen LogP contribution in [0.2, 0.25) is 0 Å². The number of nitrogens with one attached hydrogen (secondary N) is 1. The van der Waals surface area contributed by atoms with Crippen LogP contribution in [-0.2, 0) is 20.6 Å². The Morgan fingerprint density at radius 3 is 2.43 bits per heavy atom. The van der Waals surface area contributed by atoms with Crippen LogP contribution in [0.3, 0.4) is 0 Å². The van der Waals surface area contributed by atoms with E-state index >= 15 is 0 Å². The zero-order valence-electron chi connectivity index (χ0n) is 17.6. The van der Waals surface area contributed by atoms with E-state index in [4.69, 9.17) is 19.3 Å². The number of aromatic carboxylic acids is 1. The molecular formula is C22H31NO5. The van der Waals surface area contributed by atoms with E-state index in [1.165, 1.54) is 0 Å². The molecule has 0 fully saturated rings. The van der Waals surface area contributed by atoms with Gasteiger partial charge in [-0.25, -0.2) is 4.79 Å². The number of fused-ring (bicyclic) bond motifs is 1. The number of carboxylic acid groups (broad SMARTS) is 1. The van der Waals surface area contributed by atoms with Gasteiger partial charge in [-0.3, -0.25) is 0 Å². The first kappa shape index (κ1) is 23.3. The van der Waals surface area contributed by atoms with Crippen LogP contribution in [0, 0.1) is 0 Å². The topological polar surface area (TPSA) is 77.0 Å². The average molecular weight is 389 g/mol. The lowest BCUT2D eigenvalue weighted by Gasteiger charge is -2.13. The summed E-state index contributed by atoms with van der Waals surface area (Å²) in [6.45, 7) is 7.39. The van der Waals surface area contributed by atoms with Crippen LogP contribution >= 0.6 is 0 Å². The fourth-order valence-corrected chi connectivity index (χ4v) is 2.74. The first-order chi connectivity index (χ1) is 13.4. The fraction of sp³-hybridized carbons (Fsp3) is 0.409. The molecule has 0 spiro atoms. The third kappa shape index (κ3) is 6.78. The van der Waals surface area contributed by atoms with Gasteiger partial charge >= 0.3 is 5.97 Å². The minimum absolute atomic E-state index is 0.373. The summed E-state index contributed by atoms with van der Waals surface area (Å²) in [5.41, 5.74) is 4.67. The molecule has 0 unspecified atom stereocenters. The number of hydrogen-bond acceptors (Lipinski definition) is 5. The molecule has 2 N–H and O–H groups in total. The Morgan fingerprint density at radius 1 is 1.21 bits per heavy atom. The molecule has 0 amide bonds. The van der Waals surface area contributed by atoms with Crippen molar-refractivity contribution in [1.29, 1.82) is 0 Å². The molecule has 0 aliphatic carbocycles. The van der Waals surface area contributed by atoms with Gasteiger partial charge in [0.1, 0.15) is 0 Å².